The largest absolute Gasteiger partial charge is 0.364 e. The molecule has 17 heavy (non-hydrogen) atoms. The van der Waals surface area contributed by atoms with E-state index in [1.54, 1.807) is 14.0 Å². The molecule has 2 N–H and O–H groups in total. The van der Waals surface area contributed by atoms with Crippen molar-refractivity contribution in [2.75, 3.05) is 5.32 Å². The minimum Gasteiger partial charge on any atom is -0.364 e. The van der Waals surface area contributed by atoms with Gasteiger partial charge in [0.25, 0.3) is 5.91 Å². The second-order valence-electron chi connectivity index (χ2n) is 3.56. The maximum Gasteiger partial charge on any atom is 0.263 e. The third-order valence-corrected chi connectivity index (χ3v) is 2.24. The van der Waals surface area contributed by atoms with E-state index in [4.69, 9.17) is 0 Å². The number of hydrogen-bond donors (Lipinski definition) is 2. The summed E-state index contributed by atoms with van der Waals surface area (Å²) in [6.07, 6.45) is 2.69. The Bertz CT molecular complexity index is 613. The maximum atomic E-state index is 11.8. The first-order chi connectivity index (χ1) is 8.08. The van der Waals surface area contributed by atoms with Gasteiger partial charge >= 0.3 is 0 Å². The van der Waals surface area contributed by atoms with Crippen LogP contribution in [-0.4, -0.2) is 25.7 Å². The van der Waals surface area contributed by atoms with Crippen molar-refractivity contribution in [3.63, 3.8) is 0 Å². The summed E-state index contributed by atoms with van der Waals surface area (Å²) in [5, 5.41) is 6.30. The van der Waals surface area contributed by atoms with Crippen LogP contribution in [0.5, 0.6) is 0 Å². The number of carbonyl (C=O) groups excluding carboxylic acids is 1. The highest BCUT2D eigenvalue weighted by Crippen LogP contribution is 2.01. The Hall–Kier alpha value is -2.44. The van der Waals surface area contributed by atoms with Gasteiger partial charge in [0.15, 0.2) is 5.43 Å². The fourth-order valence-electron chi connectivity index (χ4n) is 1.33. The molecule has 2 aromatic heterocycles. The molecule has 0 radical (unpaired) electrons. The van der Waals surface area contributed by atoms with Crippen molar-refractivity contribution < 1.29 is 4.79 Å². The lowest BCUT2D eigenvalue weighted by Crippen LogP contribution is -2.23. The van der Waals surface area contributed by atoms with Crippen LogP contribution in [0, 0.1) is 6.92 Å². The van der Waals surface area contributed by atoms with Crippen LogP contribution in [0.1, 0.15) is 16.1 Å². The van der Waals surface area contributed by atoms with Gasteiger partial charge in [-0.15, -0.1) is 0 Å². The molecule has 2 rings (SSSR count). The zero-order chi connectivity index (χ0) is 12.4. The Morgan fingerprint density at radius 1 is 1.53 bits per heavy atom. The van der Waals surface area contributed by atoms with Crippen LogP contribution in [0.2, 0.25) is 0 Å². The molecule has 7 nitrogen and oxygen atoms in total. The van der Waals surface area contributed by atoms with Crippen LogP contribution in [0.4, 0.5) is 5.95 Å². The van der Waals surface area contributed by atoms with Crippen LogP contribution >= 0.6 is 0 Å². The Kier molecular flexibility index (Phi) is 2.73. The van der Waals surface area contributed by atoms with Crippen LogP contribution in [0.25, 0.3) is 0 Å². The fourth-order valence-corrected chi connectivity index (χ4v) is 1.33. The van der Waals surface area contributed by atoms with Crippen molar-refractivity contribution in [1.82, 2.24) is 19.7 Å². The van der Waals surface area contributed by atoms with Crippen LogP contribution in [-0.2, 0) is 7.05 Å². The minimum atomic E-state index is -0.512. The molecule has 1 amide bonds. The number of nitrogens with one attached hydrogen (secondary N) is 2. The lowest BCUT2D eigenvalue weighted by atomic mass is 10.2. The van der Waals surface area contributed by atoms with Gasteiger partial charge < -0.3 is 4.98 Å². The highest BCUT2D eigenvalue weighted by molar-refractivity contribution is 6.03. The van der Waals surface area contributed by atoms with Gasteiger partial charge in [-0.25, -0.2) is 4.68 Å². The van der Waals surface area contributed by atoms with Gasteiger partial charge in [0.05, 0.1) is 0 Å². The molecule has 0 saturated carbocycles. The number of pyridine rings is 1. The van der Waals surface area contributed by atoms with E-state index in [9.17, 15) is 9.59 Å². The number of anilines is 1. The molecule has 0 aliphatic rings. The van der Waals surface area contributed by atoms with Crippen molar-refractivity contribution in [3.05, 3.63) is 40.1 Å². The number of rotatable bonds is 2. The number of aromatic amines is 1. The van der Waals surface area contributed by atoms with Gasteiger partial charge in [0.2, 0.25) is 5.95 Å². The molecule has 2 heterocycles. The summed E-state index contributed by atoms with van der Waals surface area (Å²) in [7, 11) is 1.64. The fraction of sp³-hybridized carbons (Fsp3) is 0.200. The molecule has 2 aromatic rings. The third-order valence-electron chi connectivity index (χ3n) is 2.24. The Morgan fingerprint density at radius 3 is 2.88 bits per heavy atom. The monoisotopic (exact) mass is 233 g/mol. The molecule has 0 saturated heterocycles. The van der Waals surface area contributed by atoms with Crippen LogP contribution in [0.3, 0.4) is 0 Å². The van der Waals surface area contributed by atoms with Crippen molar-refractivity contribution in [2.45, 2.75) is 6.92 Å². The van der Waals surface area contributed by atoms with E-state index in [1.165, 1.54) is 23.3 Å². The first-order valence-corrected chi connectivity index (χ1v) is 4.92. The van der Waals surface area contributed by atoms with E-state index in [1.807, 2.05) is 0 Å². The molecule has 0 unspecified atom stereocenters. The van der Waals surface area contributed by atoms with E-state index in [0.717, 1.165) is 0 Å². The Labute approximate surface area is 96.5 Å². The molecule has 0 aliphatic heterocycles. The number of carbonyl (C=O) groups is 1. The average Bonchev–Trinajstić information content (AvgIpc) is 2.64. The van der Waals surface area contributed by atoms with Gasteiger partial charge in [-0.1, -0.05) is 0 Å². The van der Waals surface area contributed by atoms with Gasteiger partial charge in [0.1, 0.15) is 11.9 Å². The predicted octanol–water partition coefficient (Wildman–Crippen LogP) is 0.0641. The van der Waals surface area contributed by atoms with Crippen LogP contribution < -0.4 is 10.7 Å². The van der Waals surface area contributed by atoms with Gasteiger partial charge in [-0.05, 0) is 6.92 Å². The quantitative estimate of drug-likeness (QED) is 0.767. The lowest BCUT2D eigenvalue weighted by Gasteiger charge is -2.03. The van der Waals surface area contributed by atoms with Crippen LogP contribution in [0.15, 0.2) is 23.4 Å². The highest BCUT2D eigenvalue weighted by Gasteiger charge is 2.12. The summed E-state index contributed by atoms with van der Waals surface area (Å²) >= 11 is 0. The molecule has 88 valence electrons. The summed E-state index contributed by atoms with van der Waals surface area (Å²) in [5.41, 5.74) is 0.407. The smallest absolute Gasteiger partial charge is 0.263 e. The van der Waals surface area contributed by atoms with Gasteiger partial charge in [-0.3, -0.25) is 14.9 Å². The SMILES string of the molecule is Cc1cc(=O)c(C(=O)Nc2ncnn2C)c[nH]1. The van der Waals surface area contributed by atoms with E-state index < -0.39 is 5.91 Å². The number of nitrogens with zero attached hydrogens (tertiary/aromatic N) is 3. The summed E-state index contributed by atoms with van der Waals surface area (Å²) in [6.45, 7) is 1.74. The molecular weight excluding hydrogens is 222 g/mol. The first-order valence-electron chi connectivity index (χ1n) is 4.92. The average molecular weight is 233 g/mol. The van der Waals surface area contributed by atoms with E-state index in [2.05, 4.69) is 20.4 Å². The summed E-state index contributed by atoms with van der Waals surface area (Å²) in [5.74, 6) is -0.225. The van der Waals surface area contributed by atoms with E-state index in [-0.39, 0.29) is 16.9 Å². The van der Waals surface area contributed by atoms with E-state index >= 15 is 0 Å². The Morgan fingerprint density at radius 2 is 2.29 bits per heavy atom. The minimum absolute atomic E-state index is 0.0404. The lowest BCUT2D eigenvalue weighted by molar-refractivity contribution is 0.102. The molecule has 0 aliphatic carbocycles. The zero-order valence-corrected chi connectivity index (χ0v) is 9.39. The second-order valence-corrected chi connectivity index (χ2v) is 3.56. The third kappa shape index (κ3) is 2.22. The van der Waals surface area contributed by atoms with Gasteiger partial charge in [-0.2, -0.15) is 10.1 Å². The number of hydrogen-bond acceptors (Lipinski definition) is 4. The molecule has 0 bridgehead atoms. The zero-order valence-electron chi connectivity index (χ0n) is 9.39. The normalized spacial score (nSPS) is 10.2. The number of H-pyrrole nitrogens is 1. The topological polar surface area (TPSA) is 92.7 Å². The molecule has 0 aromatic carbocycles. The highest BCUT2D eigenvalue weighted by atomic mass is 16.2. The van der Waals surface area contributed by atoms with E-state index in [0.29, 0.717) is 5.69 Å². The second kappa shape index (κ2) is 4.20. The first kappa shape index (κ1) is 11.1. The Balaban J connectivity index is 2.27. The number of aromatic nitrogens is 4. The standard InChI is InChI=1S/C10H11N5O2/c1-6-3-8(16)7(4-11-6)9(17)14-10-12-5-13-15(10)2/h3-5H,1-2H3,(H,11,16)(H,12,13,14,17). The van der Waals surface area contributed by atoms with Crippen molar-refractivity contribution in [3.8, 4) is 0 Å². The predicted molar refractivity (Wildman–Crippen MR) is 60.8 cm³/mol. The molecule has 7 heteroatoms. The summed E-state index contributed by atoms with van der Waals surface area (Å²) in [4.78, 5) is 30.0. The summed E-state index contributed by atoms with van der Waals surface area (Å²) < 4.78 is 1.40. The maximum absolute atomic E-state index is 11.8. The summed E-state index contributed by atoms with van der Waals surface area (Å²) in [6, 6.07) is 1.37. The molecule has 0 spiro atoms. The number of aryl methyl sites for hydroxylation is 2. The van der Waals surface area contributed by atoms with Gasteiger partial charge in [0, 0.05) is 25.0 Å². The van der Waals surface area contributed by atoms with Crippen molar-refractivity contribution >= 4 is 11.9 Å². The molecular formula is C10H11N5O2. The molecule has 0 atom stereocenters. The molecule has 0 fully saturated rings. The van der Waals surface area contributed by atoms with Crippen molar-refractivity contribution in [1.29, 1.82) is 0 Å². The number of amides is 1. The van der Waals surface area contributed by atoms with Crippen molar-refractivity contribution in [2.24, 2.45) is 7.05 Å².